The van der Waals surface area contributed by atoms with E-state index in [1.54, 1.807) is 37.0 Å². The highest BCUT2D eigenvalue weighted by atomic mass is 35.5. The Hall–Kier alpha value is -3.67. The Labute approximate surface area is 201 Å². The smallest absolute Gasteiger partial charge is 0.196 e. The fourth-order valence-corrected chi connectivity index (χ4v) is 4.05. The van der Waals surface area contributed by atoms with Gasteiger partial charge in [0.1, 0.15) is 22.6 Å². The zero-order chi connectivity index (χ0) is 24.4. The molecule has 34 heavy (non-hydrogen) atoms. The van der Waals surface area contributed by atoms with Crippen molar-refractivity contribution in [2.45, 2.75) is 33.4 Å². The largest absolute Gasteiger partial charge is 0.455 e. The summed E-state index contributed by atoms with van der Waals surface area (Å²) in [5.74, 6) is 0.476. The predicted octanol–water partition coefficient (Wildman–Crippen LogP) is 5.01. The fourth-order valence-electron chi connectivity index (χ4n) is 3.90. The minimum Gasteiger partial charge on any atom is -0.455 e. The summed E-state index contributed by atoms with van der Waals surface area (Å²) < 4.78 is 13.2. The number of anilines is 1. The van der Waals surface area contributed by atoms with Crippen molar-refractivity contribution in [3.05, 3.63) is 74.4 Å². The Morgan fingerprint density at radius 2 is 2.12 bits per heavy atom. The molecule has 0 aliphatic heterocycles. The molecule has 0 fully saturated rings. The van der Waals surface area contributed by atoms with Gasteiger partial charge in [-0.05, 0) is 44.5 Å². The second kappa shape index (κ2) is 9.67. The molecule has 4 rings (SSSR count). The molecule has 0 radical (unpaired) electrons. The maximum atomic E-state index is 13.3. The fraction of sp³-hybridized carbons (Fsp3) is 0.280. The first-order valence-corrected chi connectivity index (χ1v) is 11.1. The third-order valence-electron chi connectivity index (χ3n) is 5.62. The molecule has 3 heterocycles. The van der Waals surface area contributed by atoms with Gasteiger partial charge in [-0.2, -0.15) is 10.4 Å². The lowest BCUT2D eigenvalue weighted by Gasteiger charge is -2.19. The van der Waals surface area contributed by atoms with E-state index in [-0.39, 0.29) is 22.3 Å². The van der Waals surface area contributed by atoms with E-state index in [2.05, 4.69) is 21.5 Å². The van der Waals surface area contributed by atoms with Crippen molar-refractivity contribution in [2.24, 2.45) is 0 Å². The van der Waals surface area contributed by atoms with Crippen molar-refractivity contribution in [1.29, 1.82) is 5.26 Å². The molecular formula is C25H24ClN5O3. The van der Waals surface area contributed by atoms with Gasteiger partial charge < -0.3 is 14.5 Å². The van der Waals surface area contributed by atoms with Gasteiger partial charge in [-0.1, -0.05) is 17.7 Å². The zero-order valence-electron chi connectivity index (χ0n) is 19.3. The maximum Gasteiger partial charge on any atom is 0.196 e. The molecule has 0 saturated heterocycles. The van der Waals surface area contributed by atoms with Gasteiger partial charge in [0.05, 0.1) is 42.0 Å². The lowest BCUT2D eigenvalue weighted by Crippen LogP contribution is -2.13. The van der Waals surface area contributed by atoms with Gasteiger partial charge in [-0.25, -0.2) is 4.98 Å². The van der Waals surface area contributed by atoms with Crippen LogP contribution in [0.2, 0.25) is 5.15 Å². The van der Waals surface area contributed by atoms with E-state index in [9.17, 15) is 10.1 Å². The predicted molar refractivity (Wildman–Crippen MR) is 131 cm³/mol. The Morgan fingerprint density at radius 3 is 2.85 bits per heavy atom. The first kappa shape index (κ1) is 23.5. The highest BCUT2D eigenvalue weighted by Gasteiger charge is 2.20. The summed E-state index contributed by atoms with van der Waals surface area (Å²) >= 11 is 5.93. The number of benzene rings is 1. The number of fused-ring (bicyclic) bond motifs is 1. The van der Waals surface area contributed by atoms with E-state index in [0.717, 1.165) is 11.1 Å². The molecule has 8 nitrogen and oxygen atoms in total. The van der Waals surface area contributed by atoms with Crippen LogP contribution >= 0.6 is 11.6 Å². The van der Waals surface area contributed by atoms with Gasteiger partial charge in [0.2, 0.25) is 0 Å². The van der Waals surface area contributed by atoms with E-state index in [1.807, 2.05) is 32.2 Å². The van der Waals surface area contributed by atoms with E-state index in [0.29, 0.717) is 46.7 Å². The topological polar surface area (TPSA) is 106 Å². The zero-order valence-corrected chi connectivity index (χ0v) is 20.1. The van der Waals surface area contributed by atoms with Crippen LogP contribution in [0, 0.1) is 25.2 Å². The minimum absolute atomic E-state index is 0.0936. The summed E-state index contributed by atoms with van der Waals surface area (Å²) in [6.45, 7) is 6.75. The first-order valence-electron chi connectivity index (χ1n) is 10.7. The van der Waals surface area contributed by atoms with E-state index >= 15 is 0 Å². The molecule has 1 atom stereocenters. The summed E-state index contributed by atoms with van der Waals surface area (Å²) in [5, 5.41) is 17.8. The molecule has 0 saturated carbocycles. The van der Waals surface area contributed by atoms with Crippen LogP contribution in [0.3, 0.4) is 0 Å². The van der Waals surface area contributed by atoms with Gasteiger partial charge in [0.25, 0.3) is 0 Å². The lowest BCUT2D eigenvalue weighted by molar-refractivity contribution is 0.183. The second-order valence-electron chi connectivity index (χ2n) is 8.11. The molecular weight excluding hydrogens is 454 g/mol. The van der Waals surface area contributed by atoms with Gasteiger partial charge >= 0.3 is 0 Å². The van der Waals surface area contributed by atoms with Crippen LogP contribution in [0.5, 0.6) is 0 Å². The molecule has 4 aromatic rings. The molecule has 0 aliphatic rings. The van der Waals surface area contributed by atoms with Crippen LogP contribution in [0.25, 0.3) is 22.3 Å². The Morgan fingerprint density at radius 1 is 1.32 bits per heavy atom. The Balaban J connectivity index is 1.82. The number of rotatable bonds is 7. The summed E-state index contributed by atoms with van der Waals surface area (Å²) in [6.07, 6.45) is 3.52. The van der Waals surface area contributed by atoms with Crippen molar-refractivity contribution < 1.29 is 9.15 Å². The number of methoxy groups -OCH3 is 1. The van der Waals surface area contributed by atoms with E-state index in [1.165, 1.54) is 0 Å². The van der Waals surface area contributed by atoms with Gasteiger partial charge in [-0.15, -0.1) is 0 Å². The molecule has 0 spiro atoms. The third kappa shape index (κ3) is 4.53. The number of hydrogen-bond donors (Lipinski definition) is 1. The average Bonchev–Trinajstić information content (AvgIpc) is 3.29. The molecule has 3 aromatic heterocycles. The van der Waals surface area contributed by atoms with Crippen LogP contribution in [0.15, 0.2) is 45.9 Å². The molecule has 0 unspecified atom stereocenters. The average molecular weight is 478 g/mol. The first-order chi connectivity index (χ1) is 16.3. The van der Waals surface area contributed by atoms with Crippen molar-refractivity contribution in [2.75, 3.05) is 19.0 Å². The van der Waals surface area contributed by atoms with Crippen LogP contribution in [-0.2, 0) is 11.3 Å². The van der Waals surface area contributed by atoms with Crippen LogP contribution in [0.1, 0.15) is 35.3 Å². The molecule has 1 N–H and O–H groups in total. The van der Waals surface area contributed by atoms with Crippen LogP contribution < -0.4 is 10.7 Å². The molecule has 9 heteroatoms. The molecule has 0 aliphatic carbocycles. The Bertz CT molecular complexity index is 1470. The SMILES string of the molecule is COCCn1cc(-c2oc3c([C@@H](C)Nc4ccc(Cl)nc4C#N)cc(C)cc3c(=O)c2C)cn1. The number of hydrogen-bond acceptors (Lipinski definition) is 7. The minimum atomic E-state index is -0.291. The summed E-state index contributed by atoms with van der Waals surface area (Å²) in [5.41, 5.74) is 4.08. The number of pyridine rings is 1. The van der Waals surface area contributed by atoms with Crippen LogP contribution in [-0.4, -0.2) is 28.5 Å². The number of aromatic nitrogens is 3. The van der Waals surface area contributed by atoms with E-state index < -0.39 is 0 Å². The molecule has 174 valence electrons. The van der Waals surface area contributed by atoms with Gasteiger partial charge in [0, 0.05) is 24.4 Å². The summed E-state index contributed by atoms with van der Waals surface area (Å²) in [6, 6.07) is 8.90. The van der Waals surface area contributed by atoms with Crippen molar-refractivity contribution in [3.63, 3.8) is 0 Å². The summed E-state index contributed by atoms with van der Waals surface area (Å²) in [7, 11) is 1.63. The third-order valence-corrected chi connectivity index (χ3v) is 5.83. The lowest BCUT2D eigenvalue weighted by atomic mass is 9.99. The molecule has 0 amide bonds. The van der Waals surface area contributed by atoms with Gasteiger partial charge in [0.15, 0.2) is 11.1 Å². The quantitative estimate of drug-likeness (QED) is 0.373. The van der Waals surface area contributed by atoms with Crippen molar-refractivity contribution in [3.8, 4) is 17.4 Å². The number of aryl methyl sites for hydroxylation is 1. The number of nitriles is 1. The summed E-state index contributed by atoms with van der Waals surface area (Å²) in [4.78, 5) is 17.4. The highest BCUT2D eigenvalue weighted by Crippen LogP contribution is 2.32. The molecule has 1 aromatic carbocycles. The monoisotopic (exact) mass is 477 g/mol. The number of halogens is 1. The highest BCUT2D eigenvalue weighted by molar-refractivity contribution is 6.29. The normalized spacial score (nSPS) is 12.0. The van der Waals surface area contributed by atoms with Gasteiger partial charge in [-0.3, -0.25) is 9.48 Å². The standard InChI is InChI=1S/C25H24ClN5O3/c1-14-9-18(16(3)29-20-5-6-22(26)30-21(20)11-27)25-19(10-14)23(32)15(2)24(34-25)17-12-28-31(13-17)7-8-33-4/h5-6,9-10,12-13,16,29H,7-8H2,1-4H3/t16-/m1/s1. The van der Waals surface area contributed by atoms with Crippen LogP contribution in [0.4, 0.5) is 5.69 Å². The van der Waals surface area contributed by atoms with Crippen molar-refractivity contribution >= 4 is 28.3 Å². The maximum absolute atomic E-state index is 13.3. The second-order valence-corrected chi connectivity index (χ2v) is 8.50. The van der Waals surface area contributed by atoms with Crippen molar-refractivity contribution in [1.82, 2.24) is 14.8 Å². The Kier molecular flexibility index (Phi) is 6.68. The van der Waals surface area contributed by atoms with E-state index in [4.69, 9.17) is 20.8 Å². The molecule has 0 bridgehead atoms. The number of nitrogens with one attached hydrogen (secondary N) is 1. The number of nitrogens with zero attached hydrogens (tertiary/aromatic N) is 4. The number of ether oxygens (including phenoxy) is 1.